The summed E-state index contributed by atoms with van der Waals surface area (Å²) in [6.07, 6.45) is 7.22. The summed E-state index contributed by atoms with van der Waals surface area (Å²) in [5.41, 5.74) is 2.06. The zero-order chi connectivity index (χ0) is 9.97. The Balaban J connectivity index is 2.56. The van der Waals surface area contributed by atoms with Gasteiger partial charge < -0.3 is 4.57 Å². The highest BCUT2D eigenvalue weighted by atomic mass is 35.5. The van der Waals surface area contributed by atoms with Gasteiger partial charge >= 0.3 is 0 Å². The maximum atomic E-state index is 5.83. The maximum Gasteiger partial charge on any atom is 0.110 e. The van der Waals surface area contributed by atoms with Gasteiger partial charge in [0.1, 0.15) is 5.82 Å². The molecule has 2 aromatic heterocycles. The molecule has 0 aliphatic rings. The zero-order valence-electron chi connectivity index (χ0n) is 7.81. The van der Waals surface area contributed by atoms with Crippen molar-refractivity contribution in [3.05, 3.63) is 42.2 Å². The Bertz CT molecular complexity index is 436. The van der Waals surface area contributed by atoms with Gasteiger partial charge in [0, 0.05) is 30.4 Å². The predicted molar refractivity (Wildman–Crippen MR) is 55.7 cm³/mol. The van der Waals surface area contributed by atoms with E-state index >= 15 is 0 Å². The summed E-state index contributed by atoms with van der Waals surface area (Å²) < 4.78 is 2.00. The summed E-state index contributed by atoms with van der Waals surface area (Å²) in [4.78, 5) is 8.21. The number of aryl methyl sites for hydroxylation is 1. The molecule has 0 spiro atoms. The Labute approximate surface area is 87.4 Å². The molecule has 72 valence electrons. The molecule has 0 atom stereocenters. The van der Waals surface area contributed by atoms with E-state index in [1.807, 2.05) is 23.8 Å². The van der Waals surface area contributed by atoms with Gasteiger partial charge in [0.25, 0.3) is 0 Å². The minimum Gasteiger partial charge on any atom is -0.304 e. The van der Waals surface area contributed by atoms with Crippen LogP contribution in [0.4, 0.5) is 0 Å². The third-order valence-electron chi connectivity index (χ3n) is 2.11. The van der Waals surface area contributed by atoms with Crippen LogP contribution in [-0.4, -0.2) is 14.5 Å². The van der Waals surface area contributed by atoms with E-state index in [2.05, 4.69) is 9.97 Å². The molecule has 0 aliphatic carbocycles. The summed E-state index contributed by atoms with van der Waals surface area (Å²) >= 11 is 5.83. The Morgan fingerprint density at radius 3 is 2.93 bits per heavy atom. The highest BCUT2D eigenvalue weighted by Gasteiger charge is 2.05. The third-order valence-corrected chi connectivity index (χ3v) is 2.40. The number of halogens is 1. The van der Waals surface area contributed by atoms with E-state index in [4.69, 9.17) is 11.6 Å². The number of hydrogen-bond acceptors (Lipinski definition) is 2. The monoisotopic (exact) mass is 207 g/mol. The minimum atomic E-state index is 0.459. The molecule has 2 heterocycles. The summed E-state index contributed by atoms with van der Waals surface area (Å²) in [6, 6.07) is 1.94. The number of aromatic nitrogens is 3. The van der Waals surface area contributed by atoms with Crippen LogP contribution in [0.15, 0.2) is 30.9 Å². The summed E-state index contributed by atoms with van der Waals surface area (Å²) in [6.45, 7) is 1.96. The first-order chi connectivity index (χ1) is 6.83. The van der Waals surface area contributed by atoms with Crippen LogP contribution in [0.2, 0.25) is 0 Å². The van der Waals surface area contributed by atoms with E-state index < -0.39 is 0 Å². The highest BCUT2D eigenvalue weighted by molar-refractivity contribution is 6.17. The lowest BCUT2D eigenvalue weighted by molar-refractivity contribution is 0.955. The van der Waals surface area contributed by atoms with Crippen LogP contribution in [0.25, 0.3) is 5.69 Å². The number of imidazole rings is 1. The molecule has 14 heavy (non-hydrogen) atoms. The minimum absolute atomic E-state index is 0.459. The Morgan fingerprint density at radius 1 is 1.43 bits per heavy atom. The fourth-order valence-corrected chi connectivity index (χ4v) is 1.60. The van der Waals surface area contributed by atoms with Crippen molar-refractivity contribution in [1.82, 2.24) is 14.5 Å². The van der Waals surface area contributed by atoms with Crippen LogP contribution in [0, 0.1) is 6.92 Å². The van der Waals surface area contributed by atoms with Crippen LogP contribution < -0.4 is 0 Å². The van der Waals surface area contributed by atoms with Crippen molar-refractivity contribution in [3.63, 3.8) is 0 Å². The largest absolute Gasteiger partial charge is 0.304 e. The van der Waals surface area contributed by atoms with E-state index in [0.29, 0.717) is 5.88 Å². The summed E-state index contributed by atoms with van der Waals surface area (Å²) in [5.74, 6) is 1.41. The smallest absolute Gasteiger partial charge is 0.110 e. The lowest BCUT2D eigenvalue weighted by Gasteiger charge is -2.08. The summed E-state index contributed by atoms with van der Waals surface area (Å²) in [5, 5.41) is 0. The first kappa shape index (κ1) is 9.21. The standard InChI is InChI=1S/C10H10ClN3/c1-8-13-4-5-14(8)10-2-3-12-7-9(10)6-11/h2-5,7H,6H2,1H3. The average molecular weight is 208 g/mol. The Kier molecular flexibility index (Phi) is 2.50. The molecule has 0 saturated carbocycles. The van der Waals surface area contributed by atoms with Crippen LogP contribution in [-0.2, 0) is 5.88 Å². The molecule has 2 rings (SSSR count). The fourth-order valence-electron chi connectivity index (χ4n) is 1.39. The van der Waals surface area contributed by atoms with Crippen molar-refractivity contribution in [2.24, 2.45) is 0 Å². The Morgan fingerprint density at radius 2 is 2.29 bits per heavy atom. The van der Waals surface area contributed by atoms with Crippen molar-refractivity contribution in [3.8, 4) is 5.69 Å². The van der Waals surface area contributed by atoms with Gasteiger partial charge in [-0.15, -0.1) is 11.6 Å². The van der Waals surface area contributed by atoms with Gasteiger partial charge in [-0.1, -0.05) is 0 Å². The molecule has 0 fully saturated rings. The first-order valence-corrected chi connectivity index (χ1v) is 4.85. The predicted octanol–water partition coefficient (Wildman–Crippen LogP) is 2.31. The van der Waals surface area contributed by atoms with E-state index in [1.165, 1.54) is 0 Å². The van der Waals surface area contributed by atoms with Crippen LogP contribution in [0.3, 0.4) is 0 Å². The normalized spacial score (nSPS) is 10.4. The number of nitrogens with zero attached hydrogens (tertiary/aromatic N) is 3. The molecule has 0 aromatic carbocycles. The van der Waals surface area contributed by atoms with E-state index in [-0.39, 0.29) is 0 Å². The molecule has 0 unspecified atom stereocenters. The SMILES string of the molecule is Cc1nccn1-c1ccncc1CCl. The second-order valence-electron chi connectivity index (χ2n) is 2.98. The van der Waals surface area contributed by atoms with Gasteiger partial charge in [-0.2, -0.15) is 0 Å². The molecular formula is C10H10ClN3. The van der Waals surface area contributed by atoms with Crippen molar-refractivity contribution >= 4 is 11.6 Å². The average Bonchev–Trinajstić information content (AvgIpc) is 2.64. The molecular weight excluding hydrogens is 198 g/mol. The van der Waals surface area contributed by atoms with E-state index in [1.54, 1.807) is 18.6 Å². The first-order valence-electron chi connectivity index (χ1n) is 4.32. The van der Waals surface area contributed by atoms with Crippen molar-refractivity contribution in [2.45, 2.75) is 12.8 Å². The molecule has 0 radical (unpaired) electrons. The number of alkyl halides is 1. The molecule has 2 aromatic rings. The van der Waals surface area contributed by atoms with Gasteiger partial charge in [0.15, 0.2) is 0 Å². The second kappa shape index (κ2) is 3.80. The van der Waals surface area contributed by atoms with Gasteiger partial charge in [0.2, 0.25) is 0 Å². The number of pyridine rings is 1. The molecule has 0 N–H and O–H groups in total. The highest BCUT2D eigenvalue weighted by Crippen LogP contribution is 2.16. The van der Waals surface area contributed by atoms with Crippen molar-refractivity contribution in [1.29, 1.82) is 0 Å². The molecule has 0 saturated heterocycles. The van der Waals surface area contributed by atoms with E-state index in [9.17, 15) is 0 Å². The number of rotatable bonds is 2. The lowest BCUT2D eigenvalue weighted by Crippen LogP contribution is -1.99. The van der Waals surface area contributed by atoms with E-state index in [0.717, 1.165) is 17.1 Å². The topological polar surface area (TPSA) is 30.7 Å². The second-order valence-corrected chi connectivity index (χ2v) is 3.25. The van der Waals surface area contributed by atoms with Gasteiger partial charge in [-0.05, 0) is 13.0 Å². The molecule has 0 bridgehead atoms. The lowest BCUT2D eigenvalue weighted by atomic mass is 10.2. The van der Waals surface area contributed by atoms with Gasteiger partial charge in [0.05, 0.1) is 11.6 Å². The summed E-state index contributed by atoms with van der Waals surface area (Å²) in [7, 11) is 0. The fraction of sp³-hybridized carbons (Fsp3) is 0.200. The van der Waals surface area contributed by atoms with Crippen molar-refractivity contribution < 1.29 is 0 Å². The van der Waals surface area contributed by atoms with Gasteiger partial charge in [-0.25, -0.2) is 4.98 Å². The quantitative estimate of drug-likeness (QED) is 0.708. The molecule has 4 heteroatoms. The van der Waals surface area contributed by atoms with Crippen LogP contribution in [0.5, 0.6) is 0 Å². The third kappa shape index (κ3) is 1.51. The number of hydrogen-bond donors (Lipinski definition) is 0. The molecule has 0 amide bonds. The van der Waals surface area contributed by atoms with Crippen LogP contribution in [0.1, 0.15) is 11.4 Å². The molecule has 0 aliphatic heterocycles. The van der Waals surface area contributed by atoms with Crippen LogP contribution >= 0.6 is 11.6 Å². The van der Waals surface area contributed by atoms with Crippen molar-refractivity contribution in [2.75, 3.05) is 0 Å². The maximum absolute atomic E-state index is 5.83. The molecule has 3 nitrogen and oxygen atoms in total. The Hall–Kier alpha value is -1.35. The van der Waals surface area contributed by atoms with Gasteiger partial charge in [-0.3, -0.25) is 4.98 Å². The zero-order valence-corrected chi connectivity index (χ0v) is 8.57.